The van der Waals surface area contributed by atoms with Crippen LogP contribution in [0.4, 0.5) is 0 Å². The highest BCUT2D eigenvalue weighted by Crippen LogP contribution is 2.16. The molecule has 2 aliphatic heterocycles. The Morgan fingerprint density at radius 3 is 2.29 bits per heavy atom. The molecule has 1 aromatic rings. The quantitative estimate of drug-likeness (QED) is 0.285. The first-order valence-corrected chi connectivity index (χ1v) is 11.7. The van der Waals surface area contributed by atoms with Crippen molar-refractivity contribution < 1.29 is 4.74 Å². The Hall–Kier alpha value is -0.900. The number of methoxy groups -OCH3 is 1. The van der Waals surface area contributed by atoms with Gasteiger partial charge in [-0.05, 0) is 68.9 Å². The van der Waals surface area contributed by atoms with Crippen molar-refractivity contribution in [2.45, 2.75) is 45.2 Å². The number of nitrogens with one attached hydrogen (secondary N) is 2. The maximum Gasteiger partial charge on any atom is 0.191 e. The monoisotopic (exact) mass is 543 g/mol. The normalized spacial score (nSPS) is 19.1. The molecule has 0 radical (unpaired) electrons. The summed E-state index contributed by atoms with van der Waals surface area (Å²) in [7, 11) is 3.63. The minimum Gasteiger partial charge on any atom is -0.383 e. The molecule has 0 saturated carbocycles. The number of rotatable bonds is 9. The molecule has 0 spiro atoms. The Balaban J connectivity index is 0.00000341. The number of ether oxygens (including phenoxy) is 1. The van der Waals surface area contributed by atoms with E-state index in [0.717, 1.165) is 44.7 Å². The number of likely N-dealkylation sites (tertiary alicyclic amines) is 2. The lowest BCUT2D eigenvalue weighted by Crippen LogP contribution is -2.43. The van der Waals surface area contributed by atoms with E-state index in [0.29, 0.717) is 0 Å². The Kier molecular flexibility index (Phi) is 12.8. The lowest BCUT2D eigenvalue weighted by molar-refractivity contribution is 0.121. The molecule has 2 heterocycles. The third kappa shape index (κ3) is 9.63. The minimum atomic E-state index is 0. The smallest absolute Gasteiger partial charge is 0.191 e. The Labute approximate surface area is 206 Å². The molecule has 3 rings (SSSR count). The van der Waals surface area contributed by atoms with Gasteiger partial charge in [-0.25, -0.2) is 0 Å². The predicted molar refractivity (Wildman–Crippen MR) is 140 cm³/mol. The molecule has 0 bridgehead atoms. The number of hydrogen-bond acceptors (Lipinski definition) is 4. The molecule has 31 heavy (non-hydrogen) atoms. The van der Waals surface area contributed by atoms with Gasteiger partial charge >= 0.3 is 0 Å². The van der Waals surface area contributed by atoms with E-state index in [-0.39, 0.29) is 24.0 Å². The van der Waals surface area contributed by atoms with Crippen LogP contribution in [0.15, 0.2) is 29.3 Å². The first-order valence-electron chi connectivity index (χ1n) is 11.7. The Morgan fingerprint density at radius 1 is 0.968 bits per heavy atom. The third-order valence-corrected chi connectivity index (χ3v) is 6.44. The van der Waals surface area contributed by atoms with E-state index in [1.165, 1.54) is 69.4 Å². The highest BCUT2D eigenvalue weighted by molar-refractivity contribution is 14.0. The van der Waals surface area contributed by atoms with Gasteiger partial charge < -0.3 is 20.3 Å². The molecular weight excluding hydrogens is 501 g/mol. The molecule has 0 aromatic heterocycles. The van der Waals surface area contributed by atoms with Crippen LogP contribution in [0.1, 0.15) is 43.2 Å². The molecule has 6 nitrogen and oxygen atoms in total. The van der Waals surface area contributed by atoms with E-state index in [1.807, 2.05) is 7.05 Å². The van der Waals surface area contributed by atoms with Crippen LogP contribution in [-0.4, -0.2) is 75.8 Å². The fourth-order valence-electron chi connectivity index (χ4n) is 4.42. The lowest BCUT2D eigenvalue weighted by Gasteiger charge is -2.32. The molecule has 0 amide bonds. The first-order chi connectivity index (χ1) is 14.8. The van der Waals surface area contributed by atoms with Crippen molar-refractivity contribution in [1.29, 1.82) is 0 Å². The summed E-state index contributed by atoms with van der Waals surface area (Å²) >= 11 is 0. The number of guanidine groups is 1. The second kappa shape index (κ2) is 15.0. The summed E-state index contributed by atoms with van der Waals surface area (Å²) in [5.74, 6) is 1.62. The van der Waals surface area contributed by atoms with Gasteiger partial charge in [-0.2, -0.15) is 0 Å². The molecule has 2 fully saturated rings. The maximum absolute atomic E-state index is 5.19. The highest BCUT2D eigenvalue weighted by atomic mass is 127. The summed E-state index contributed by atoms with van der Waals surface area (Å²) in [6, 6.07) is 9.04. The molecule has 176 valence electrons. The van der Waals surface area contributed by atoms with Crippen LogP contribution >= 0.6 is 24.0 Å². The largest absolute Gasteiger partial charge is 0.383 e. The van der Waals surface area contributed by atoms with Gasteiger partial charge in [-0.15, -0.1) is 24.0 Å². The van der Waals surface area contributed by atoms with Gasteiger partial charge in [0.05, 0.1) is 6.61 Å². The van der Waals surface area contributed by atoms with Crippen molar-refractivity contribution in [3.8, 4) is 0 Å². The standard InChI is InChI=1S/C24H41N5O.HI/c1-25-24(27-19-22-10-14-28(15-11-22)16-17-30-2)26-18-21-6-8-23(9-7-21)20-29-12-4-3-5-13-29;/h6-9,22H,3-5,10-20H2,1-2H3,(H2,25,26,27);1H. The van der Waals surface area contributed by atoms with Crippen LogP contribution in [-0.2, 0) is 17.8 Å². The number of halogens is 1. The van der Waals surface area contributed by atoms with Crippen molar-refractivity contribution >= 4 is 29.9 Å². The van der Waals surface area contributed by atoms with Crippen LogP contribution in [0.5, 0.6) is 0 Å². The fourth-order valence-corrected chi connectivity index (χ4v) is 4.42. The summed E-state index contributed by atoms with van der Waals surface area (Å²) in [6.45, 7) is 9.61. The Bertz CT molecular complexity index is 625. The summed E-state index contributed by atoms with van der Waals surface area (Å²) in [5.41, 5.74) is 2.71. The zero-order chi connectivity index (χ0) is 21.0. The zero-order valence-electron chi connectivity index (χ0n) is 19.4. The van der Waals surface area contributed by atoms with E-state index >= 15 is 0 Å². The highest BCUT2D eigenvalue weighted by Gasteiger charge is 2.19. The zero-order valence-corrected chi connectivity index (χ0v) is 21.8. The number of benzene rings is 1. The van der Waals surface area contributed by atoms with Gasteiger partial charge in [0, 0.05) is 40.3 Å². The van der Waals surface area contributed by atoms with Crippen LogP contribution in [0.3, 0.4) is 0 Å². The van der Waals surface area contributed by atoms with Gasteiger partial charge in [0.25, 0.3) is 0 Å². The Morgan fingerprint density at radius 2 is 1.65 bits per heavy atom. The molecule has 0 aliphatic carbocycles. The first kappa shape index (κ1) is 26.4. The van der Waals surface area contributed by atoms with Gasteiger partial charge in [0.1, 0.15) is 0 Å². The van der Waals surface area contributed by atoms with Gasteiger partial charge in [-0.3, -0.25) is 9.89 Å². The molecule has 0 atom stereocenters. The van der Waals surface area contributed by atoms with E-state index in [2.05, 4.69) is 49.7 Å². The topological polar surface area (TPSA) is 52.1 Å². The summed E-state index contributed by atoms with van der Waals surface area (Å²) in [6.07, 6.45) is 6.57. The van der Waals surface area contributed by atoms with E-state index in [9.17, 15) is 0 Å². The van der Waals surface area contributed by atoms with Gasteiger partial charge in [0.15, 0.2) is 5.96 Å². The molecule has 0 unspecified atom stereocenters. The van der Waals surface area contributed by atoms with Crippen LogP contribution in [0.2, 0.25) is 0 Å². The van der Waals surface area contributed by atoms with Crippen LogP contribution in [0.25, 0.3) is 0 Å². The SMILES string of the molecule is CN=C(NCc1ccc(CN2CCCCC2)cc1)NCC1CCN(CCOC)CC1.I. The second-order valence-electron chi connectivity index (χ2n) is 8.74. The van der Waals surface area contributed by atoms with Crippen molar-refractivity contribution in [3.05, 3.63) is 35.4 Å². The van der Waals surface area contributed by atoms with Crippen LogP contribution in [0, 0.1) is 5.92 Å². The molecule has 7 heteroatoms. The average Bonchev–Trinajstić information content (AvgIpc) is 2.80. The average molecular weight is 544 g/mol. The third-order valence-electron chi connectivity index (χ3n) is 6.44. The van der Waals surface area contributed by atoms with Crippen molar-refractivity contribution in [2.75, 3.05) is 60.0 Å². The number of nitrogens with zero attached hydrogens (tertiary/aromatic N) is 3. The summed E-state index contributed by atoms with van der Waals surface area (Å²) in [5, 5.41) is 6.99. The minimum absolute atomic E-state index is 0. The van der Waals surface area contributed by atoms with Crippen molar-refractivity contribution in [1.82, 2.24) is 20.4 Å². The van der Waals surface area contributed by atoms with Crippen LogP contribution < -0.4 is 10.6 Å². The molecule has 2 saturated heterocycles. The molecular formula is C24H42IN5O. The fraction of sp³-hybridized carbons (Fsp3) is 0.708. The van der Waals surface area contributed by atoms with Gasteiger partial charge in [-0.1, -0.05) is 30.7 Å². The summed E-state index contributed by atoms with van der Waals surface area (Å²) < 4.78 is 5.19. The molecule has 2 aliphatic rings. The maximum atomic E-state index is 5.19. The number of piperidine rings is 2. The summed E-state index contributed by atoms with van der Waals surface area (Å²) in [4.78, 5) is 9.47. The molecule has 1 aromatic carbocycles. The lowest BCUT2D eigenvalue weighted by atomic mass is 9.97. The second-order valence-corrected chi connectivity index (χ2v) is 8.74. The van der Waals surface area contributed by atoms with E-state index in [1.54, 1.807) is 7.11 Å². The van der Waals surface area contributed by atoms with Crippen molar-refractivity contribution in [2.24, 2.45) is 10.9 Å². The van der Waals surface area contributed by atoms with Crippen molar-refractivity contribution in [3.63, 3.8) is 0 Å². The van der Waals surface area contributed by atoms with Gasteiger partial charge in [0.2, 0.25) is 0 Å². The molecule has 2 N–H and O–H groups in total. The number of hydrogen-bond donors (Lipinski definition) is 2. The van der Waals surface area contributed by atoms with E-state index in [4.69, 9.17) is 4.74 Å². The predicted octanol–water partition coefficient (Wildman–Crippen LogP) is 3.31. The number of aliphatic imine (C=N–C) groups is 1. The van der Waals surface area contributed by atoms with E-state index < -0.39 is 0 Å².